The summed E-state index contributed by atoms with van der Waals surface area (Å²) in [6.07, 6.45) is 2.14. The molecule has 0 saturated carbocycles. The van der Waals surface area contributed by atoms with E-state index in [0.29, 0.717) is 12.2 Å². The Kier molecular flexibility index (Phi) is 7.04. The number of carbonyl (C=O) groups is 1. The first-order chi connectivity index (χ1) is 16.0. The lowest BCUT2D eigenvalue weighted by molar-refractivity contribution is 0.0941. The Morgan fingerprint density at radius 3 is 2.45 bits per heavy atom. The van der Waals surface area contributed by atoms with E-state index in [1.165, 1.54) is 5.56 Å². The average Bonchev–Trinajstić information content (AvgIpc) is 2.84. The Labute approximate surface area is 195 Å². The zero-order valence-corrected chi connectivity index (χ0v) is 19.5. The van der Waals surface area contributed by atoms with Gasteiger partial charge >= 0.3 is 0 Å². The molecule has 3 aromatic carbocycles. The predicted molar refractivity (Wildman–Crippen MR) is 135 cm³/mol. The van der Waals surface area contributed by atoms with Gasteiger partial charge in [0, 0.05) is 10.9 Å². The average molecular weight is 439 g/mol. The number of amides is 1. The molecule has 1 unspecified atom stereocenters. The molecule has 4 aromatic rings. The Morgan fingerprint density at radius 2 is 1.73 bits per heavy atom. The largest absolute Gasteiger partial charge is 0.494 e. The van der Waals surface area contributed by atoms with Gasteiger partial charge in [0.25, 0.3) is 5.91 Å². The summed E-state index contributed by atoms with van der Waals surface area (Å²) in [6, 6.07) is 25.7. The summed E-state index contributed by atoms with van der Waals surface area (Å²) in [5, 5.41) is 4.00. The van der Waals surface area contributed by atoms with Crippen LogP contribution >= 0.6 is 0 Å². The summed E-state index contributed by atoms with van der Waals surface area (Å²) in [5.74, 6) is 0.736. The number of benzene rings is 3. The first-order valence-corrected chi connectivity index (χ1v) is 11.6. The number of unbranched alkanes of at least 4 members (excludes halogenated alkanes) is 1. The van der Waals surface area contributed by atoms with Crippen molar-refractivity contribution in [3.05, 3.63) is 95.6 Å². The molecule has 33 heavy (non-hydrogen) atoms. The number of para-hydroxylation sites is 1. The molecule has 4 heteroatoms. The van der Waals surface area contributed by atoms with Crippen LogP contribution in [0.25, 0.3) is 22.2 Å². The van der Waals surface area contributed by atoms with Gasteiger partial charge in [-0.25, -0.2) is 4.98 Å². The van der Waals surface area contributed by atoms with Crippen LogP contribution in [0, 0.1) is 6.92 Å². The lowest BCUT2D eigenvalue weighted by Crippen LogP contribution is -2.27. The maximum atomic E-state index is 13.3. The van der Waals surface area contributed by atoms with Gasteiger partial charge in [-0.1, -0.05) is 61.4 Å². The van der Waals surface area contributed by atoms with Crippen molar-refractivity contribution < 1.29 is 9.53 Å². The highest BCUT2D eigenvalue weighted by atomic mass is 16.5. The lowest BCUT2D eigenvalue weighted by Gasteiger charge is -2.16. The second-order valence-electron chi connectivity index (χ2n) is 8.40. The molecule has 0 aliphatic heterocycles. The van der Waals surface area contributed by atoms with Gasteiger partial charge in [0.2, 0.25) is 0 Å². The second-order valence-corrected chi connectivity index (χ2v) is 8.40. The van der Waals surface area contributed by atoms with Gasteiger partial charge in [-0.2, -0.15) is 0 Å². The molecule has 168 valence electrons. The van der Waals surface area contributed by atoms with E-state index in [9.17, 15) is 4.79 Å². The summed E-state index contributed by atoms with van der Waals surface area (Å²) in [4.78, 5) is 18.2. The van der Waals surface area contributed by atoms with Gasteiger partial charge in [0.15, 0.2) is 0 Å². The first-order valence-electron chi connectivity index (χ1n) is 11.6. The molecule has 4 nitrogen and oxygen atoms in total. The topological polar surface area (TPSA) is 51.2 Å². The minimum Gasteiger partial charge on any atom is -0.494 e. The molecule has 1 amide bonds. The van der Waals surface area contributed by atoms with Gasteiger partial charge in [-0.05, 0) is 62.2 Å². The molecule has 4 rings (SSSR count). The SMILES string of the molecule is CCCCOc1ccc(-c2cc(C(=O)NC(C)c3ccc(C)cc3)c3ccccc3n2)cc1. The number of carbonyl (C=O) groups excluding carboxylic acids is 1. The molecule has 0 radical (unpaired) electrons. The predicted octanol–water partition coefficient (Wildman–Crippen LogP) is 6.88. The molecule has 1 N–H and O–H groups in total. The summed E-state index contributed by atoms with van der Waals surface area (Å²) < 4.78 is 5.78. The highest BCUT2D eigenvalue weighted by Gasteiger charge is 2.16. The molecular formula is C29H30N2O2. The van der Waals surface area contributed by atoms with Crippen LogP contribution in [0.5, 0.6) is 5.75 Å². The lowest BCUT2D eigenvalue weighted by atomic mass is 10.0. The number of ether oxygens (including phenoxy) is 1. The molecule has 0 saturated heterocycles. The number of rotatable bonds is 8. The van der Waals surface area contributed by atoms with Gasteiger partial charge < -0.3 is 10.1 Å². The van der Waals surface area contributed by atoms with Crippen molar-refractivity contribution in [3.8, 4) is 17.0 Å². The zero-order valence-electron chi connectivity index (χ0n) is 19.5. The van der Waals surface area contributed by atoms with Gasteiger partial charge in [-0.3, -0.25) is 4.79 Å². The number of hydrogen-bond acceptors (Lipinski definition) is 3. The summed E-state index contributed by atoms with van der Waals surface area (Å²) in [6.45, 7) is 6.92. The van der Waals surface area contributed by atoms with E-state index in [2.05, 4.69) is 43.4 Å². The molecule has 0 aliphatic rings. The van der Waals surface area contributed by atoms with Crippen molar-refractivity contribution in [2.75, 3.05) is 6.61 Å². The second kappa shape index (κ2) is 10.3. The van der Waals surface area contributed by atoms with Crippen LogP contribution in [0.4, 0.5) is 0 Å². The maximum Gasteiger partial charge on any atom is 0.252 e. The number of nitrogens with zero attached hydrogens (tertiary/aromatic N) is 1. The molecule has 1 atom stereocenters. The normalized spacial score (nSPS) is 11.8. The van der Waals surface area contributed by atoms with Crippen LogP contribution in [-0.4, -0.2) is 17.5 Å². The number of fused-ring (bicyclic) bond motifs is 1. The molecular weight excluding hydrogens is 408 g/mol. The van der Waals surface area contributed by atoms with Crippen molar-refractivity contribution in [2.24, 2.45) is 0 Å². The van der Waals surface area contributed by atoms with E-state index in [4.69, 9.17) is 9.72 Å². The monoisotopic (exact) mass is 438 g/mol. The smallest absolute Gasteiger partial charge is 0.252 e. The summed E-state index contributed by atoms with van der Waals surface area (Å²) in [5.41, 5.74) is 5.41. The van der Waals surface area contributed by atoms with Crippen molar-refractivity contribution >= 4 is 16.8 Å². The van der Waals surface area contributed by atoms with Crippen LogP contribution in [0.3, 0.4) is 0 Å². The van der Waals surface area contributed by atoms with Crippen LogP contribution < -0.4 is 10.1 Å². The highest BCUT2D eigenvalue weighted by Crippen LogP contribution is 2.27. The number of aromatic nitrogens is 1. The minimum absolute atomic E-state index is 0.104. The third-order valence-corrected chi connectivity index (χ3v) is 5.80. The Balaban J connectivity index is 1.62. The van der Waals surface area contributed by atoms with E-state index in [0.717, 1.165) is 46.3 Å². The minimum atomic E-state index is -0.109. The maximum absolute atomic E-state index is 13.3. The molecule has 0 bridgehead atoms. The van der Waals surface area contributed by atoms with Crippen molar-refractivity contribution in [1.29, 1.82) is 0 Å². The standard InChI is InChI=1S/C29H30N2O2/c1-4-5-18-33-24-16-14-23(15-17-24)28-19-26(25-8-6-7-9-27(25)31-28)29(32)30-21(3)22-12-10-20(2)11-13-22/h6-17,19,21H,4-5,18H2,1-3H3,(H,30,32). The molecule has 0 fully saturated rings. The van der Waals surface area contributed by atoms with Gasteiger partial charge in [0.05, 0.1) is 29.4 Å². The van der Waals surface area contributed by atoms with Gasteiger partial charge in [-0.15, -0.1) is 0 Å². The number of nitrogens with one attached hydrogen (secondary N) is 1. The van der Waals surface area contributed by atoms with E-state index >= 15 is 0 Å². The zero-order chi connectivity index (χ0) is 23.2. The fourth-order valence-electron chi connectivity index (χ4n) is 3.78. The molecule has 0 aliphatic carbocycles. The Bertz CT molecular complexity index is 1230. The van der Waals surface area contributed by atoms with E-state index in [-0.39, 0.29) is 11.9 Å². The van der Waals surface area contributed by atoms with Crippen LogP contribution in [0.2, 0.25) is 0 Å². The summed E-state index contributed by atoms with van der Waals surface area (Å²) >= 11 is 0. The Hall–Kier alpha value is -3.66. The number of pyridine rings is 1. The van der Waals surface area contributed by atoms with Crippen LogP contribution in [0.15, 0.2) is 78.9 Å². The van der Waals surface area contributed by atoms with E-state index in [1.807, 2.05) is 61.5 Å². The van der Waals surface area contributed by atoms with Crippen molar-refractivity contribution in [2.45, 2.75) is 39.7 Å². The van der Waals surface area contributed by atoms with Crippen LogP contribution in [-0.2, 0) is 0 Å². The van der Waals surface area contributed by atoms with Crippen molar-refractivity contribution in [3.63, 3.8) is 0 Å². The fourth-order valence-corrected chi connectivity index (χ4v) is 3.78. The molecule has 1 aromatic heterocycles. The van der Waals surface area contributed by atoms with Gasteiger partial charge in [0.1, 0.15) is 5.75 Å². The third-order valence-electron chi connectivity index (χ3n) is 5.80. The highest BCUT2D eigenvalue weighted by molar-refractivity contribution is 6.07. The number of hydrogen-bond donors (Lipinski definition) is 1. The van der Waals surface area contributed by atoms with E-state index in [1.54, 1.807) is 0 Å². The van der Waals surface area contributed by atoms with Crippen LogP contribution in [0.1, 0.15) is 54.2 Å². The van der Waals surface area contributed by atoms with Crippen molar-refractivity contribution in [1.82, 2.24) is 10.3 Å². The fraction of sp³-hybridized carbons (Fsp3) is 0.241. The molecule has 0 spiro atoms. The van der Waals surface area contributed by atoms with E-state index < -0.39 is 0 Å². The summed E-state index contributed by atoms with van der Waals surface area (Å²) in [7, 11) is 0. The quantitative estimate of drug-likeness (QED) is 0.305. The number of aryl methyl sites for hydroxylation is 1. The molecule has 1 heterocycles. The first kappa shape index (κ1) is 22.5. The Morgan fingerprint density at radius 1 is 1.00 bits per heavy atom. The third kappa shape index (κ3) is 5.40.